The van der Waals surface area contributed by atoms with Gasteiger partial charge in [0.25, 0.3) is 0 Å². The van der Waals surface area contributed by atoms with E-state index in [1.807, 2.05) is 0 Å². The largest absolute Gasteiger partial charge is 0.508 e. The molecule has 25 N–H and O–H groups in total. The van der Waals surface area contributed by atoms with Gasteiger partial charge in [0.15, 0.2) is 12.6 Å². The Morgan fingerprint density at radius 3 is 1.94 bits per heavy atom. The molecule has 0 aliphatic carbocycles. The first-order valence-corrected chi connectivity index (χ1v) is 31.7. The molecule has 548 valence electrons. The fraction of sp³-hybridized carbons (Fsp3) is 0.678. The number of aliphatic hydroxyl groups is 7. The van der Waals surface area contributed by atoms with E-state index in [0.717, 1.165) is 4.90 Å². The maximum Gasteiger partial charge on any atom is 0.247 e. The first-order chi connectivity index (χ1) is 46.2. The Labute approximate surface area is 561 Å². The third-order valence-electron chi connectivity index (χ3n) is 16.7. The van der Waals surface area contributed by atoms with Crippen LogP contribution in [0.5, 0.6) is 5.75 Å². The van der Waals surface area contributed by atoms with Crippen molar-refractivity contribution in [3.63, 3.8) is 0 Å². The van der Waals surface area contributed by atoms with Gasteiger partial charge in [-0.05, 0) is 55.2 Å². The van der Waals surface area contributed by atoms with E-state index in [9.17, 15) is 103 Å². The van der Waals surface area contributed by atoms with E-state index in [2.05, 4.69) is 47.9 Å². The molecule has 1 aromatic carbocycles. The molecule has 98 heavy (non-hydrogen) atoms. The number of carbonyl (C=O) groups is 13. The average Bonchev–Trinajstić information content (AvgIpc) is 0.809. The van der Waals surface area contributed by atoms with Gasteiger partial charge in [-0.15, -0.1) is 0 Å². The van der Waals surface area contributed by atoms with Crippen molar-refractivity contribution in [2.45, 2.75) is 201 Å². The smallest absolute Gasteiger partial charge is 0.247 e. The molecule has 0 bridgehead atoms. The molecule has 39 heteroatoms. The van der Waals surface area contributed by atoms with Crippen molar-refractivity contribution in [1.82, 2.24) is 52.8 Å². The zero-order chi connectivity index (χ0) is 73.0. The number of nitrogens with zero attached hydrogens (tertiary/aromatic N) is 1. The van der Waals surface area contributed by atoms with E-state index < -0.39 is 257 Å². The van der Waals surface area contributed by atoms with Crippen molar-refractivity contribution in [1.29, 1.82) is 0 Å². The first-order valence-electron chi connectivity index (χ1n) is 31.7. The maximum absolute atomic E-state index is 14.8. The van der Waals surface area contributed by atoms with E-state index in [4.69, 9.17) is 41.9 Å². The minimum Gasteiger partial charge on any atom is -0.508 e. The number of likely N-dealkylation sites (tertiary alicyclic amines) is 1. The zero-order valence-electron chi connectivity index (χ0n) is 54.3. The van der Waals surface area contributed by atoms with Crippen LogP contribution in [-0.2, 0) is 87.7 Å². The Balaban J connectivity index is 1.32. The van der Waals surface area contributed by atoms with Crippen LogP contribution in [0.3, 0.4) is 0 Å². The molecule has 0 radical (unpaired) electrons. The van der Waals surface area contributed by atoms with Crippen LogP contribution in [0.1, 0.15) is 84.6 Å². The highest BCUT2D eigenvalue weighted by molar-refractivity contribution is 6.00. The molecule has 4 fully saturated rings. The van der Waals surface area contributed by atoms with Gasteiger partial charge in [0.05, 0.1) is 45.2 Å². The third-order valence-corrected chi connectivity index (χ3v) is 16.7. The number of phenolic OH excluding ortho intramolecular Hbond substituents is 1. The number of nitrogens with one attached hydrogen (secondary N) is 9. The summed E-state index contributed by atoms with van der Waals surface area (Å²) in [5.74, 6) is -14.8. The highest BCUT2D eigenvalue weighted by Crippen LogP contribution is 2.30. The highest BCUT2D eigenvalue weighted by Gasteiger charge is 2.51. The summed E-state index contributed by atoms with van der Waals surface area (Å²) >= 11 is 0. The summed E-state index contributed by atoms with van der Waals surface area (Å²) < 4.78 is 21.8. The molecule has 0 unspecified atom stereocenters. The predicted octanol–water partition coefficient (Wildman–Crippen LogP) is -11.4. The quantitative estimate of drug-likeness (QED) is 0.0409. The second kappa shape index (κ2) is 37.6. The Morgan fingerprint density at radius 2 is 1.33 bits per heavy atom. The molecule has 4 saturated heterocycles. The fourth-order valence-electron chi connectivity index (χ4n) is 11.0. The molecular formula is C59H92N14O25. The Bertz CT molecular complexity index is 2980. The first kappa shape index (κ1) is 80.3. The number of nitrogens with two attached hydrogens (primary N) is 4. The molecule has 0 spiro atoms. The number of benzene rings is 1. The van der Waals surface area contributed by atoms with E-state index in [0.29, 0.717) is 5.56 Å². The van der Waals surface area contributed by atoms with Crippen LogP contribution in [-0.4, -0.2) is 278 Å². The standard InChI is InChI=1S/C59H92N14O25/c1-5-25(4)42-56(93)67-29(12-13-38(61)77)52(89)69-32(18-39(62)78)53(90)71-33(19-64-40(79)17-28(60)50(87)68-31(54(91)72-42)16-26-8-10-27(76)11-9-26)57(94)73-14-6-7-35(73)55(92)70-30(15-24(2)3)51(88)65-20-41(80)66-34(49(63)86)23-95-58-47(85)45(83)48(37(22-75)97-58)98-59-46(84)44(82)43(81)36(21-74)96-59/h8-11,24-25,28-37,42-48,58-59,74-76,81-85H,5-7,12-23,60H2,1-4H3,(H2,61,77)(H2,62,78)(H2,63,86)(H,64,79)(H,65,88)(H,66,80)(H,67,93)(H,68,87)(H,69,89)(H,70,92)(H,71,90)(H,72,91)/t25-,28-,29-,30-,31-,32-,33-,34-,35-,36+,37+,42-,43-,44-,45+,46+,47+,48+,58+,59-/m0/s1. The van der Waals surface area contributed by atoms with E-state index in [1.54, 1.807) is 27.7 Å². The summed E-state index contributed by atoms with van der Waals surface area (Å²) in [6.45, 7) is 2.15. The highest BCUT2D eigenvalue weighted by atomic mass is 16.7. The summed E-state index contributed by atoms with van der Waals surface area (Å²) in [6.07, 6.45) is -20.8. The van der Waals surface area contributed by atoms with Crippen LogP contribution in [0.2, 0.25) is 0 Å². The molecular weight excluding hydrogens is 1300 g/mol. The van der Waals surface area contributed by atoms with Crippen LogP contribution < -0.4 is 70.8 Å². The van der Waals surface area contributed by atoms with Crippen molar-refractivity contribution in [2.24, 2.45) is 34.8 Å². The topological polar surface area (TPSA) is 636 Å². The minimum atomic E-state index is -2.04. The van der Waals surface area contributed by atoms with Gasteiger partial charge in [-0.1, -0.05) is 46.2 Å². The van der Waals surface area contributed by atoms with Crippen molar-refractivity contribution < 1.29 is 122 Å². The van der Waals surface area contributed by atoms with Gasteiger partial charge in [-0.3, -0.25) is 62.3 Å². The van der Waals surface area contributed by atoms with E-state index in [1.165, 1.54) is 24.3 Å². The van der Waals surface area contributed by atoms with Gasteiger partial charge < -0.3 is 135 Å². The number of rotatable bonds is 26. The van der Waals surface area contributed by atoms with Crippen molar-refractivity contribution in [3.05, 3.63) is 29.8 Å². The lowest BCUT2D eigenvalue weighted by Crippen LogP contribution is -2.65. The summed E-state index contributed by atoms with van der Waals surface area (Å²) in [7, 11) is 0. The zero-order valence-corrected chi connectivity index (χ0v) is 54.3. The van der Waals surface area contributed by atoms with Gasteiger partial charge in [-0.25, -0.2) is 0 Å². The number of ether oxygens (including phenoxy) is 4. The number of aliphatic hydroxyl groups excluding tert-OH is 7. The van der Waals surface area contributed by atoms with Crippen LogP contribution in [0.25, 0.3) is 0 Å². The van der Waals surface area contributed by atoms with Crippen LogP contribution in [0, 0.1) is 11.8 Å². The molecule has 4 aliphatic heterocycles. The van der Waals surface area contributed by atoms with E-state index >= 15 is 0 Å². The molecule has 4 heterocycles. The molecule has 5 rings (SSSR count). The van der Waals surface area contributed by atoms with Gasteiger partial charge in [0.2, 0.25) is 76.8 Å². The molecule has 1 aromatic rings. The van der Waals surface area contributed by atoms with Gasteiger partial charge in [0.1, 0.15) is 103 Å². The normalized spacial score (nSPS) is 30.3. The monoisotopic (exact) mass is 1400 g/mol. The van der Waals surface area contributed by atoms with Crippen molar-refractivity contribution in [2.75, 3.05) is 39.5 Å². The summed E-state index contributed by atoms with van der Waals surface area (Å²) in [5.41, 5.74) is 23.1. The molecule has 0 saturated carbocycles. The Morgan fingerprint density at radius 1 is 0.714 bits per heavy atom. The summed E-state index contributed by atoms with van der Waals surface area (Å²) in [6, 6.07) is -9.21. The number of amides is 13. The second-order valence-electron chi connectivity index (χ2n) is 24.7. The molecule has 13 amide bonds. The summed E-state index contributed by atoms with van der Waals surface area (Å²) in [5, 5.41) is 104. The number of aromatic hydroxyl groups is 1. The second-order valence-corrected chi connectivity index (χ2v) is 24.7. The Hall–Kier alpha value is -8.35. The SMILES string of the molecule is CC[C@H](C)[C@@H]1NC(=O)[C@H](Cc2ccc(O)cc2)NC(=O)[C@@H](N)CC(=O)NC[C@@H](C(=O)N2CCC[C@H]2C(=O)N[C@@H](CC(C)C)C(=O)NCC(=O)N[C@@H](CO[C@@H]2O[C@H](CO)[C@@H](O[C@@H]3O[C@H](CO)[C@H](O)[C@H](O)[C@H]3O)[C@H](O)[C@H]2O)C(N)=O)NC(=O)[C@H](CC(N)=O)NC(=O)[C@H](CCC(N)=O)NC1=O. The van der Waals surface area contributed by atoms with Crippen molar-refractivity contribution in [3.8, 4) is 5.75 Å². The molecule has 39 nitrogen and oxygen atoms in total. The maximum atomic E-state index is 14.8. The third kappa shape index (κ3) is 22.9. The van der Waals surface area contributed by atoms with Gasteiger partial charge in [0, 0.05) is 25.9 Å². The molecule has 20 atom stereocenters. The molecule has 0 aromatic heterocycles. The number of hydrogen-bond acceptors (Lipinski definition) is 26. The lowest BCUT2D eigenvalue weighted by Gasteiger charge is -2.46. The van der Waals surface area contributed by atoms with Crippen LogP contribution >= 0.6 is 0 Å². The average molecular weight is 1400 g/mol. The number of phenols is 1. The van der Waals surface area contributed by atoms with Crippen LogP contribution in [0.4, 0.5) is 0 Å². The van der Waals surface area contributed by atoms with Crippen molar-refractivity contribution >= 4 is 76.8 Å². The summed E-state index contributed by atoms with van der Waals surface area (Å²) in [4.78, 5) is 179. The number of hydrogen-bond donors (Lipinski definition) is 21. The fourth-order valence-corrected chi connectivity index (χ4v) is 11.0. The lowest BCUT2D eigenvalue weighted by molar-refractivity contribution is -0.359. The number of carbonyl (C=O) groups excluding carboxylic acids is 13. The molecule has 4 aliphatic rings. The van der Waals surface area contributed by atoms with Gasteiger partial charge >= 0.3 is 0 Å². The number of primary amides is 3. The van der Waals surface area contributed by atoms with Gasteiger partial charge in [-0.2, -0.15) is 0 Å². The Kier molecular flexibility index (Phi) is 30.8. The van der Waals surface area contributed by atoms with E-state index in [-0.39, 0.29) is 50.3 Å². The van der Waals surface area contributed by atoms with Crippen LogP contribution in [0.15, 0.2) is 24.3 Å². The lowest BCUT2D eigenvalue weighted by atomic mass is 9.96. The predicted molar refractivity (Wildman–Crippen MR) is 331 cm³/mol. The minimum absolute atomic E-state index is 0.0506.